The molecule has 1 aliphatic rings. The van der Waals surface area contributed by atoms with Crippen molar-refractivity contribution in [2.45, 2.75) is 57.7 Å². The summed E-state index contributed by atoms with van der Waals surface area (Å²) in [6.07, 6.45) is 6.78. The second kappa shape index (κ2) is 11.8. The molecule has 2 heterocycles. The Morgan fingerprint density at radius 2 is 1.83 bits per heavy atom. The first-order valence-corrected chi connectivity index (χ1v) is 12.9. The molecule has 0 unspecified atom stereocenters. The van der Waals surface area contributed by atoms with Gasteiger partial charge in [0.25, 0.3) is 5.91 Å². The molecule has 1 aliphatic carbocycles. The number of amides is 3. The van der Waals surface area contributed by atoms with E-state index in [1.54, 1.807) is 30.5 Å². The zero-order valence-corrected chi connectivity index (χ0v) is 20.7. The summed E-state index contributed by atoms with van der Waals surface area (Å²) in [5.74, 6) is -0.337. The van der Waals surface area contributed by atoms with Gasteiger partial charge < -0.3 is 20.0 Å². The topological polar surface area (TPSA) is 91.7 Å². The van der Waals surface area contributed by atoms with Gasteiger partial charge in [0.2, 0.25) is 11.8 Å². The fourth-order valence-electron chi connectivity index (χ4n) is 4.39. The van der Waals surface area contributed by atoms with Crippen molar-refractivity contribution >= 4 is 29.1 Å². The van der Waals surface area contributed by atoms with Crippen LogP contribution in [0.1, 0.15) is 64.7 Å². The van der Waals surface area contributed by atoms with E-state index in [9.17, 15) is 14.4 Å². The number of nitrogens with zero attached hydrogens (tertiary/aromatic N) is 1. The molecule has 1 atom stereocenters. The van der Waals surface area contributed by atoms with Crippen molar-refractivity contribution in [3.63, 3.8) is 0 Å². The molecule has 1 fully saturated rings. The Morgan fingerprint density at radius 1 is 1.06 bits per heavy atom. The number of hydrogen-bond donors (Lipinski definition) is 2. The minimum Gasteiger partial charge on any atom is -0.467 e. The van der Waals surface area contributed by atoms with E-state index < -0.39 is 6.04 Å². The summed E-state index contributed by atoms with van der Waals surface area (Å²) < 4.78 is 5.52. The number of aryl methyl sites for hydroxylation is 1. The fourth-order valence-corrected chi connectivity index (χ4v) is 5.03. The largest absolute Gasteiger partial charge is 0.467 e. The number of carbonyl (C=O) groups excluding carboxylic acids is 3. The Labute approximate surface area is 209 Å². The van der Waals surface area contributed by atoms with Crippen LogP contribution < -0.4 is 10.6 Å². The quantitative estimate of drug-likeness (QED) is 0.456. The van der Waals surface area contributed by atoms with Crippen LogP contribution in [0.4, 0.5) is 0 Å². The summed E-state index contributed by atoms with van der Waals surface area (Å²) in [6.45, 7) is 1.86. The molecule has 0 radical (unpaired) electrons. The summed E-state index contributed by atoms with van der Waals surface area (Å²) in [5, 5.41) is 7.69. The van der Waals surface area contributed by atoms with Crippen molar-refractivity contribution in [2.24, 2.45) is 0 Å². The second-order valence-electron chi connectivity index (χ2n) is 8.92. The molecule has 184 valence electrons. The third kappa shape index (κ3) is 6.60. The predicted molar refractivity (Wildman–Crippen MR) is 135 cm³/mol. The van der Waals surface area contributed by atoms with Gasteiger partial charge in [0.15, 0.2) is 0 Å². The number of benzene rings is 1. The number of hydrogen-bond acceptors (Lipinski definition) is 5. The van der Waals surface area contributed by atoms with Crippen LogP contribution in [-0.2, 0) is 16.1 Å². The number of carbonyl (C=O) groups is 3. The van der Waals surface area contributed by atoms with Gasteiger partial charge in [-0.25, -0.2) is 0 Å². The van der Waals surface area contributed by atoms with Crippen molar-refractivity contribution in [2.75, 3.05) is 6.54 Å². The zero-order chi connectivity index (χ0) is 24.6. The molecule has 8 heteroatoms. The molecular weight excluding hydrogens is 462 g/mol. The Hall–Kier alpha value is -3.39. The highest BCUT2D eigenvalue weighted by atomic mass is 32.1. The third-order valence-corrected chi connectivity index (χ3v) is 7.15. The molecular formula is C27H31N3O4S. The van der Waals surface area contributed by atoms with Gasteiger partial charge in [0.1, 0.15) is 11.8 Å². The van der Waals surface area contributed by atoms with E-state index in [0.29, 0.717) is 16.2 Å². The molecule has 0 spiro atoms. The standard InChI is InChI=1S/C27H31N3O4S/c1-19-11-13-20(14-12-19)25(27(33)29-21-7-3-2-4-8-21)30(18-22-9-5-15-34-22)24(31)17-28-26(32)23-10-6-16-35-23/h5-6,9-16,21,25H,2-4,7-8,17-18H2,1H3,(H,28,32)(H,29,33)/t25-/m0/s1. The lowest BCUT2D eigenvalue weighted by atomic mass is 9.94. The zero-order valence-electron chi connectivity index (χ0n) is 19.9. The Kier molecular flexibility index (Phi) is 8.36. The van der Waals surface area contributed by atoms with Gasteiger partial charge in [-0.3, -0.25) is 14.4 Å². The summed E-state index contributed by atoms with van der Waals surface area (Å²) in [5.41, 5.74) is 1.78. The third-order valence-electron chi connectivity index (χ3n) is 6.28. The van der Waals surface area contributed by atoms with Crippen molar-refractivity contribution < 1.29 is 18.8 Å². The number of furan rings is 1. The molecule has 2 N–H and O–H groups in total. The Morgan fingerprint density at radius 3 is 2.49 bits per heavy atom. The Bertz CT molecular complexity index is 1100. The first-order valence-electron chi connectivity index (χ1n) is 12.0. The molecule has 3 amide bonds. The molecule has 2 aromatic heterocycles. The van der Waals surface area contributed by atoms with Crippen LogP contribution in [0, 0.1) is 6.92 Å². The molecule has 3 aromatic rings. The van der Waals surface area contributed by atoms with Crippen LogP contribution in [0.3, 0.4) is 0 Å². The molecule has 0 saturated heterocycles. The van der Waals surface area contributed by atoms with Gasteiger partial charge in [-0.05, 0) is 48.9 Å². The first kappa shape index (κ1) is 24.7. The highest BCUT2D eigenvalue weighted by Gasteiger charge is 2.33. The minimum atomic E-state index is -0.853. The summed E-state index contributed by atoms with van der Waals surface area (Å²) in [4.78, 5) is 41.7. The average molecular weight is 494 g/mol. The van der Waals surface area contributed by atoms with E-state index in [-0.39, 0.29) is 36.9 Å². The van der Waals surface area contributed by atoms with E-state index in [1.807, 2.05) is 36.6 Å². The van der Waals surface area contributed by atoms with Gasteiger partial charge in [0, 0.05) is 6.04 Å². The smallest absolute Gasteiger partial charge is 0.261 e. The fraction of sp³-hybridized carbons (Fsp3) is 0.370. The number of rotatable bonds is 9. The van der Waals surface area contributed by atoms with Crippen LogP contribution in [-0.4, -0.2) is 35.2 Å². The van der Waals surface area contributed by atoms with Crippen molar-refractivity contribution in [1.82, 2.24) is 15.5 Å². The maximum Gasteiger partial charge on any atom is 0.261 e. The average Bonchev–Trinajstić information content (AvgIpc) is 3.58. The molecule has 0 aliphatic heterocycles. The predicted octanol–water partition coefficient (Wildman–Crippen LogP) is 4.60. The maximum atomic E-state index is 13.7. The van der Waals surface area contributed by atoms with E-state index in [2.05, 4.69) is 10.6 Å². The SMILES string of the molecule is Cc1ccc([C@@H](C(=O)NC2CCCCC2)N(Cc2ccco2)C(=O)CNC(=O)c2cccs2)cc1. The molecule has 0 bridgehead atoms. The van der Waals surface area contributed by atoms with Crippen LogP contribution in [0.5, 0.6) is 0 Å². The highest BCUT2D eigenvalue weighted by Crippen LogP contribution is 2.26. The summed E-state index contributed by atoms with van der Waals surface area (Å²) >= 11 is 1.31. The van der Waals surface area contributed by atoms with E-state index in [1.165, 1.54) is 22.7 Å². The first-order chi connectivity index (χ1) is 17.0. The normalized spacial score (nSPS) is 14.8. The number of nitrogens with one attached hydrogen (secondary N) is 2. The summed E-state index contributed by atoms with van der Waals surface area (Å²) in [7, 11) is 0. The molecule has 1 aromatic carbocycles. The maximum absolute atomic E-state index is 13.7. The van der Waals surface area contributed by atoms with Gasteiger partial charge in [-0.1, -0.05) is 55.2 Å². The Balaban J connectivity index is 1.60. The van der Waals surface area contributed by atoms with Crippen LogP contribution >= 0.6 is 11.3 Å². The molecule has 4 rings (SSSR count). The lowest BCUT2D eigenvalue weighted by molar-refractivity contribution is -0.141. The van der Waals surface area contributed by atoms with Gasteiger partial charge in [-0.15, -0.1) is 11.3 Å². The van der Waals surface area contributed by atoms with Gasteiger partial charge >= 0.3 is 0 Å². The second-order valence-corrected chi connectivity index (χ2v) is 9.87. The van der Waals surface area contributed by atoms with Crippen molar-refractivity contribution in [3.8, 4) is 0 Å². The highest BCUT2D eigenvalue weighted by molar-refractivity contribution is 7.12. The van der Waals surface area contributed by atoms with Gasteiger partial charge in [0.05, 0.1) is 24.2 Å². The summed E-state index contributed by atoms with van der Waals surface area (Å²) in [6, 6.07) is 13.9. The monoisotopic (exact) mass is 493 g/mol. The molecule has 7 nitrogen and oxygen atoms in total. The van der Waals surface area contributed by atoms with Crippen LogP contribution in [0.2, 0.25) is 0 Å². The molecule has 1 saturated carbocycles. The van der Waals surface area contributed by atoms with Crippen molar-refractivity contribution in [3.05, 3.63) is 81.9 Å². The molecule has 35 heavy (non-hydrogen) atoms. The van der Waals surface area contributed by atoms with E-state index in [0.717, 1.165) is 31.2 Å². The lowest BCUT2D eigenvalue weighted by Gasteiger charge is -2.33. The number of thiophene rings is 1. The van der Waals surface area contributed by atoms with Gasteiger partial charge in [-0.2, -0.15) is 0 Å². The van der Waals surface area contributed by atoms with Crippen LogP contribution in [0.25, 0.3) is 0 Å². The van der Waals surface area contributed by atoms with E-state index in [4.69, 9.17) is 4.42 Å². The lowest BCUT2D eigenvalue weighted by Crippen LogP contribution is -2.49. The van der Waals surface area contributed by atoms with Crippen molar-refractivity contribution in [1.29, 1.82) is 0 Å². The minimum absolute atomic E-state index is 0.100. The van der Waals surface area contributed by atoms with Crippen LogP contribution in [0.15, 0.2) is 64.6 Å². The van der Waals surface area contributed by atoms with E-state index >= 15 is 0 Å².